The first kappa shape index (κ1) is 21.1. The van der Waals surface area contributed by atoms with Gasteiger partial charge in [-0.3, -0.25) is 4.79 Å². The highest BCUT2D eigenvalue weighted by molar-refractivity contribution is 7.89. The Kier molecular flexibility index (Phi) is 5.36. The van der Waals surface area contributed by atoms with Gasteiger partial charge in [0.2, 0.25) is 10.0 Å². The van der Waals surface area contributed by atoms with Crippen molar-refractivity contribution in [2.45, 2.75) is 49.0 Å². The first-order chi connectivity index (χ1) is 14.7. The summed E-state index contributed by atoms with van der Waals surface area (Å²) in [6, 6.07) is 13.5. The van der Waals surface area contributed by atoms with Crippen molar-refractivity contribution in [3.8, 4) is 5.75 Å². The molecule has 2 aromatic carbocycles. The third-order valence-corrected chi connectivity index (χ3v) is 7.09. The lowest BCUT2D eigenvalue weighted by Crippen LogP contribution is -2.53. The highest BCUT2D eigenvalue weighted by atomic mass is 32.2. The first-order valence-corrected chi connectivity index (χ1v) is 11.1. The van der Waals surface area contributed by atoms with Gasteiger partial charge in [0.15, 0.2) is 0 Å². The summed E-state index contributed by atoms with van der Waals surface area (Å²) in [7, 11) is -4.16. The molecule has 0 radical (unpaired) electrons. The molecule has 2 aromatic rings. The molecule has 0 aromatic heterocycles. The number of hydrogen-bond donors (Lipinski definition) is 2. The molecule has 0 amide bonds. The van der Waals surface area contributed by atoms with Crippen molar-refractivity contribution in [1.82, 2.24) is 4.72 Å². The van der Waals surface area contributed by atoms with Crippen molar-refractivity contribution in [3.63, 3.8) is 0 Å². The van der Waals surface area contributed by atoms with Gasteiger partial charge < -0.3 is 19.3 Å². The number of carbonyl (C=O) groups is 2. The number of fused-ring (bicyclic) bond motifs is 1. The molecule has 2 fully saturated rings. The summed E-state index contributed by atoms with van der Waals surface area (Å²) in [5.74, 6) is -0.880. The molecular weight excluding hydrogens is 426 g/mol. The quantitative estimate of drug-likeness (QED) is 0.619. The molecule has 0 bridgehead atoms. The van der Waals surface area contributed by atoms with Crippen molar-refractivity contribution < 1.29 is 37.3 Å². The molecule has 4 rings (SSSR count). The van der Waals surface area contributed by atoms with Crippen LogP contribution in [0, 0.1) is 6.92 Å². The van der Waals surface area contributed by atoms with Gasteiger partial charge in [-0.15, -0.1) is 0 Å². The van der Waals surface area contributed by atoms with E-state index < -0.39 is 39.9 Å². The van der Waals surface area contributed by atoms with E-state index in [4.69, 9.17) is 14.2 Å². The Hall–Kier alpha value is -3.11. The largest absolute Gasteiger partial charge is 0.509 e. The van der Waals surface area contributed by atoms with E-state index in [-0.39, 0.29) is 17.7 Å². The van der Waals surface area contributed by atoms with Crippen LogP contribution in [0.15, 0.2) is 53.4 Å². The second-order valence-corrected chi connectivity index (χ2v) is 9.33. The van der Waals surface area contributed by atoms with Gasteiger partial charge in [-0.1, -0.05) is 24.3 Å². The summed E-state index contributed by atoms with van der Waals surface area (Å²) >= 11 is 0. The van der Waals surface area contributed by atoms with Crippen LogP contribution in [0.3, 0.4) is 0 Å². The van der Waals surface area contributed by atoms with E-state index in [1.807, 2.05) is 31.2 Å². The molecule has 1 aliphatic carbocycles. The molecule has 1 aliphatic heterocycles. The minimum atomic E-state index is -4.16. The summed E-state index contributed by atoms with van der Waals surface area (Å²) in [4.78, 5) is 23.0. The zero-order valence-corrected chi connectivity index (χ0v) is 17.4. The molecule has 164 valence electrons. The van der Waals surface area contributed by atoms with Crippen LogP contribution in [0.4, 0.5) is 4.79 Å². The van der Waals surface area contributed by atoms with Crippen molar-refractivity contribution in [2.24, 2.45) is 0 Å². The van der Waals surface area contributed by atoms with E-state index in [9.17, 15) is 23.1 Å². The van der Waals surface area contributed by atoms with Gasteiger partial charge in [0.05, 0.1) is 4.90 Å². The number of aryl methyl sites for hydroxylation is 1. The summed E-state index contributed by atoms with van der Waals surface area (Å²) in [5.41, 5.74) is 0.273. The number of benzene rings is 2. The standard InChI is InChI=1S/C21H21NO8S/c1-13-4-2-3-5-14(13)12-28-15-6-8-16(9-7-15)31(26,27)22-21(19(23)24)10-17-18(11-21)30-20(25)29-17/h2-9,17-18,22H,10-12H2,1H3,(H,23,24). The number of hydrogen-bond acceptors (Lipinski definition) is 7. The monoisotopic (exact) mass is 447 g/mol. The van der Waals surface area contributed by atoms with Crippen molar-refractivity contribution >= 4 is 22.1 Å². The number of carboxylic acids is 1. The van der Waals surface area contributed by atoms with E-state index in [0.717, 1.165) is 11.1 Å². The second kappa shape index (κ2) is 7.86. The SMILES string of the molecule is Cc1ccccc1COc1ccc(S(=O)(=O)NC2(C(=O)O)CC3OC(=O)OC3C2)cc1. The molecule has 10 heteroatoms. The molecule has 9 nitrogen and oxygen atoms in total. The van der Waals surface area contributed by atoms with Gasteiger partial charge in [-0.25, -0.2) is 13.2 Å². The predicted molar refractivity (Wildman–Crippen MR) is 107 cm³/mol. The van der Waals surface area contributed by atoms with Gasteiger partial charge in [0.1, 0.15) is 30.1 Å². The Balaban J connectivity index is 1.46. The molecule has 2 aliphatic rings. The Labute approximate surface area is 179 Å². The van der Waals surface area contributed by atoms with E-state index in [0.29, 0.717) is 12.4 Å². The number of rotatable bonds is 7. The summed E-state index contributed by atoms with van der Waals surface area (Å²) in [5, 5.41) is 9.70. The topological polar surface area (TPSA) is 128 Å². The number of aliphatic carboxylic acids is 1. The summed E-state index contributed by atoms with van der Waals surface area (Å²) in [6.07, 6.45) is -2.91. The lowest BCUT2D eigenvalue weighted by molar-refractivity contribution is -0.144. The molecular formula is C21H21NO8S. The van der Waals surface area contributed by atoms with Crippen LogP contribution >= 0.6 is 0 Å². The molecule has 2 unspecified atom stereocenters. The summed E-state index contributed by atoms with van der Waals surface area (Å²) in [6.45, 7) is 2.31. The maximum Gasteiger partial charge on any atom is 0.509 e. The van der Waals surface area contributed by atoms with Gasteiger partial charge in [-0.05, 0) is 42.3 Å². The number of carbonyl (C=O) groups excluding carboxylic acids is 1. The average molecular weight is 447 g/mol. The minimum Gasteiger partial charge on any atom is -0.489 e. The zero-order valence-electron chi connectivity index (χ0n) is 16.6. The van der Waals surface area contributed by atoms with Crippen molar-refractivity contribution in [2.75, 3.05) is 0 Å². The van der Waals surface area contributed by atoms with Gasteiger partial charge >= 0.3 is 12.1 Å². The lowest BCUT2D eigenvalue weighted by Gasteiger charge is -2.25. The van der Waals surface area contributed by atoms with Crippen LogP contribution in [0.5, 0.6) is 5.75 Å². The average Bonchev–Trinajstić information content (AvgIpc) is 3.22. The lowest BCUT2D eigenvalue weighted by atomic mass is 9.99. The number of nitrogens with one attached hydrogen (secondary N) is 1. The Morgan fingerprint density at radius 1 is 1.13 bits per heavy atom. The van der Waals surface area contributed by atoms with E-state index in [2.05, 4.69) is 4.72 Å². The minimum absolute atomic E-state index is 0.105. The molecule has 1 saturated carbocycles. The Morgan fingerprint density at radius 3 is 2.32 bits per heavy atom. The fraction of sp³-hybridized carbons (Fsp3) is 0.333. The fourth-order valence-corrected chi connectivity index (χ4v) is 5.19. The van der Waals surface area contributed by atoms with E-state index >= 15 is 0 Å². The van der Waals surface area contributed by atoms with Crippen LogP contribution in [0.1, 0.15) is 24.0 Å². The first-order valence-electron chi connectivity index (χ1n) is 9.61. The smallest absolute Gasteiger partial charge is 0.489 e. The fourth-order valence-electron chi connectivity index (χ4n) is 3.81. The highest BCUT2D eigenvalue weighted by Gasteiger charge is 2.58. The summed E-state index contributed by atoms with van der Waals surface area (Å²) < 4.78 is 43.5. The molecule has 31 heavy (non-hydrogen) atoms. The van der Waals surface area contributed by atoms with Crippen LogP contribution in [0.2, 0.25) is 0 Å². The van der Waals surface area contributed by atoms with Crippen LogP contribution in [-0.4, -0.2) is 43.4 Å². The van der Waals surface area contributed by atoms with Crippen LogP contribution < -0.4 is 9.46 Å². The third kappa shape index (κ3) is 4.21. The van der Waals surface area contributed by atoms with Gasteiger partial charge in [0.25, 0.3) is 0 Å². The molecule has 1 heterocycles. The maximum absolute atomic E-state index is 12.9. The molecule has 0 spiro atoms. The molecule has 2 N–H and O–H groups in total. The maximum atomic E-state index is 12.9. The number of carboxylic acid groups (broad SMARTS) is 1. The Bertz CT molecular complexity index is 1100. The molecule has 2 atom stereocenters. The van der Waals surface area contributed by atoms with Crippen molar-refractivity contribution in [1.29, 1.82) is 0 Å². The second-order valence-electron chi connectivity index (χ2n) is 7.65. The van der Waals surface area contributed by atoms with Crippen molar-refractivity contribution in [3.05, 3.63) is 59.7 Å². The van der Waals surface area contributed by atoms with E-state index in [1.165, 1.54) is 24.3 Å². The van der Waals surface area contributed by atoms with Gasteiger partial charge in [0, 0.05) is 12.8 Å². The Morgan fingerprint density at radius 2 is 1.74 bits per heavy atom. The zero-order chi connectivity index (χ0) is 22.2. The predicted octanol–water partition coefficient (Wildman–Crippen LogP) is 2.37. The third-order valence-electron chi connectivity index (χ3n) is 5.54. The van der Waals surface area contributed by atoms with Crippen LogP contribution in [0.25, 0.3) is 0 Å². The van der Waals surface area contributed by atoms with E-state index in [1.54, 1.807) is 0 Å². The van der Waals surface area contributed by atoms with Gasteiger partial charge in [-0.2, -0.15) is 4.72 Å². The van der Waals surface area contributed by atoms with Crippen LogP contribution in [-0.2, 0) is 30.9 Å². The number of sulfonamides is 1. The number of ether oxygens (including phenoxy) is 3. The molecule has 1 saturated heterocycles. The normalized spacial score (nSPS) is 24.9. The highest BCUT2D eigenvalue weighted by Crippen LogP contribution is 2.39.